The van der Waals surface area contributed by atoms with Gasteiger partial charge in [0, 0.05) is 53.6 Å². The molecule has 2 aliphatic rings. The van der Waals surface area contributed by atoms with Gasteiger partial charge in [-0.05, 0) is 92.5 Å². The van der Waals surface area contributed by atoms with Crippen molar-refractivity contribution in [1.82, 2.24) is 0 Å². The lowest BCUT2D eigenvalue weighted by Gasteiger charge is -2.30. The largest absolute Gasteiger partial charge is 0.310 e. The number of hydrogen-bond acceptors (Lipinski definition) is 2. The molecule has 0 saturated carbocycles. The number of anilines is 3. The van der Waals surface area contributed by atoms with Gasteiger partial charge in [0.05, 0.1) is 0 Å². The molecule has 1 heterocycles. The molecule has 0 N–H and O–H groups in total. The fourth-order valence-electron chi connectivity index (χ4n) is 8.84. The van der Waals surface area contributed by atoms with Crippen LogP contribution in [0.2, 0.25) is 0 Å². The van der Waals surface area contributed by atoms with Crippen LogP contribution in [0, 0.1) is 0 Å². The van der Waals surface area contributed by atoms with Crippen LogP contribution in [0.4, 0.5) is 17.1 Å². The Balaban J connectivity index is 1.16. The maximum Gasteiger partial charge on any atom is 0.0465 e. The van der Waals surface area contributed by atoms with E-state index in [0.29, 0.717) is 0 Å². The van der Waals surface area contributed by atoms with Crippen LogP contribution in [-0.2, 0) is 10.8 Å². The van der Waals surface area contributed by atoms with Crippen molar-refractivity contribution < 1.29 is 0 Å². The molecule has 0 atom stereocenters. The first-order valence-electron chi connectivity index (χ1n) is 17.6. The zero-order valence-corrected chi connectivity index (χ0v) is 29.6. The second-order valence-electron chi connectivity index (χ2n) is 15.0. The predicted molar refractivity (Wildman–Crippen MR) is 215 cm³/mol. The van der Waals surface area contributed by atoms with E-state index in [1.807, 2.05) is 11.3 Å². The molecule has 50 heavy (non-hydrogen) atoms. The van der Waals surface area contributed by atoms with E-state index < -0.39 is 0 Å². The van der Waals surface area contributed by atoms with Crippen LogP contribution in [0.15, 0.2) is 152 Å². The van der Waals surface area contributed by atoms with Crippen LogP contribution >= 0.6 is 11.3 Å². The molecular weight excluding hydrogens is 623 g/mol. The first-order valence-corrected chi connectivity index (χ1v) is 18.4. The second-order valence-corrected chi connectivity index (χ2v) is 16.0. The maximum absolute atomic E-state index is 2.46. The molecule has 1 nitrogen and oxygen atoms in total. The number of rotatable bonds is 4. The third kappa shape index (κ3) is 4.12. The Morgan fingerprint density at radius 3 is 1.78 bits per heavy atom. The van der Waals surface area contributed by atoms with Gasteiger partial charge in [-0.25, -0.2) is 0 Å². The van der Waals surface area contributed by atoms with Crippen molar-refractivity contribution in [1.29, 1.82) is 0 Å². The molecule has 1 aromatic heterocycles. The molecule has 0 fully saturated rings. The van der Waals surface area contributed by atoms with Gasteiger partial charge in [-0.3, -0.25) is 0 Å². The first-order chi connectivity index (χ1) is 24.3. The average molecular weight is 660 g/mol. The van der Waals surface area contributed by atoms with Gasteiger partial charge in [0.1, 0.15) is 0 Å². The van der Waals surface area contributed by atoms with Gasteiger partial charge in [-0.15, -0.1) is 11.3 Å². The SMILES string of the molecule is CC1(C)c2ccccc2-c2ccc(N(c3ccc(-c4ccccc4)cc3)c3ccc4c(c3)C(C)(C)c3ccc5c(sc6ccccc65)c3-4)cc21. The number of benzene rings is 7. The smallest absolute Gasteiger partial charge is 0.0465 e. The highest BCUT2D eigenvalue weighted by molar-refractivity contribution is 7.26. The van der Waals surface area contributed by atoms with E-state index in [1.165, 1.54) is 87.2 Å². The molecule has 240 valence electrons. The average Bonchev–Trinajstić information content (AvgIpc) is 3.72. The molecular formula is C48H37NS. The number of hydrogen-bond donors (Lipinski definition) is 0. The number of nitrogens with zero attached hydrogens (tertiary/aromatic N) is 1. The van der Waals surface area contributed by atoms with Crippen LogP contribution in [0.5, 0.6) is 0 Å². The predicted octanol–water partition coefficient (Wildman–Crippen LogP) is 13.8. The van der Waals surface area contributed by atoms with Crippen LogP contribution < -0.4 is 4.90 Å². The summed E-state index contributed by atoms with van der Waals surface area (Å²) in [5.41, 5.74) is 16.8. The third-order valence-corrected chi connectivity index (χ3v) is 12.7. The van der Waals surface area contributed by atoms with Gasteiger partial charge in [0.15, 0.2) is 0 Å². The summed E-state index contributed by atoms with van der Waals surface area (Å²) in [6, 6.07) is 56.5. The van der Waals surface area contributed by atoms with Crippen molar-refractivity contribution in [2.24, 2.45) is 0 Å². The van der Waals surface area contributed by atoms with E-state index in [9.17, 15) is 0 Å². The summed E-state index contributed by atoms with van der Waals surface area (Å²) in [7, 11) is 0. The number of thiophene rings is 1. The lowest BCUT2D eigenvalue weighted by molar-refractivity contribution is 0.660. The molecule has 8 aromatic rings. The van der Waals surface area contributed by atoms with E-state index in [-0.39, 0.29) is 10.8 Å². The molecule has 0 spiro atoms. The van der Waals surface area contributed by atoms with Crippen LogP contribution in [0.1, 0.15) is 49.9 Å². The van der Waals surface area contributed by atoms with E-state index >= 15 is 0 Å². The van der Waals surface area contributed by atoms with E-state index in [0.717, 1.165) is 5.69 Å². The summed E-state index contributed by atoms with van der Waals surface area (Å²) >= 11 is 1.93. The fraction of sp³-hybridized carbons (Fsp3) is 0.125. The Labute approximate surface area is 298 Å². The molecule has 7 aromatic carbocycles. The molecule has 0 amide bonds. The summed E-state index contributed by atoms with van der Waals surface area (Å²) in [4.78, 5) is 2.46. The molecule has 0 radical (unpaired) electrons. The van der Waals surface area contributed by atoms with Crippen LogP contribution in [-0.4, -0.2) is 0 Å². The summed E-state index contributed by atoms with van der Waals surface area (Å²) in [5, 5.41) is 2.71. The van der Waals surface area contributed by atoms with Gasteiger partial charge in [0.2, 0.25) is 0 Å². The Kier molecular flexibility index (Phi) is 6.21. The normalized spacial score (nSPS) is 14.7. The Morgan fingerprint density at radius 2 is 1.00 bits per heavy atom. The quantitative estimate of drug-likeness (QED) is 0.182. The summed E-state index contributed by atoms with van der Waals surface area (Å²) < 4.78 is 2.75. The highest BCUT2D eigenvalue weighted by atomic mass is 32.1. The molecule has 0 bridgehead atoms. The second kappa shape index (κ2) is 10.5. The lowest BCUT2D eigenvalue weighted by atomic mass is 9.82. The number of fused-ring (bicyclic) bond motifs is 10. The maximum atomic E-state index is 2.46. The van der Waals surface area contributed by atoms with Gasteiger partial charge >= 0.3 is 0 Å². The lowest BCUT2D eigenvalue weighted by Crippen LogP contribution is -2.18. The van der Waals surface area contributed by atoms with Crippen molar-refractivity contribution in [2.75, 3.05) is 4.90 Å². The monoisotopic (exact) mass is 659 g/mol. The van der Waals surface area contributed by atoms with Crippen molar-refractivity contribution in [3.8, 4) is 33.4 Å². The van der Waals surface area contributed by atoms with Crippen molar-refractivity contribution in [3.05, 3.63) is 174 Å². The minimum Gasteiger partial charge on any atom is -0.310 e. The molecule has 10 rings (SSSR count). The first kappa shape index (κ1) is 29.5. The van der Waals surface area contributed by atoms with Gasteiger partial charge in [-0.2, -0.15) is 0 Å². The third-order valence-electron chi connectivity index (χ3n) is 11.5. The molecule has 2 aliphatic carbocycles. The van der Waals surface area contributed by atoms with Gasteiger partial charge in [0.25, 0.3) is 0 Å². The highest BCUT2D eigenvalue weighted by Gasteiger charge is 2.39. The summed E-state index contributed by atoms with van der Waals surface area (Å²) in [6.07, 6.45) is 0. The van der Waals surface area contributed by atoms with Crippen LogP contribution in [0.25, 0.3) is 53.6 Å². The standard InChI is InChI=1S/C48H37NS/c1-47(2)40-16-10-8-14-35(40)36-24-22-33(28-42(36)47)49(32-20-18-31(19-21-32)30-12-6-5-7-13-30)34-23-25-39-43(29-34)48(3,4)41-27-26-38-37-15-9-11-17-44(37)50-46(38)45(39)41/h5-29H,1-4H3. The van der Waals surface area contributed by atoms with Crippen molar-refractivity contribution in [2.45, 2.75) is 38.5 Å². The molecule has 0 aliphatic heterocycles. The Morgan fingerprint density at radius 1 is 0.420 bits per heavy atom. The minimum atomic E-state index is -0.130. The highest BCUT2D eigenvalue weighted by Crippen LogP contribution is 2.56. The topological polar surface area (TPSA) is 3.24 Å². The zero-order valence-electron chi connectivity index (χ0n) is 28.8. The van der Waals surface area contributed by atoms with Crippen molar-refractivity contribution in [3.63, 3.8) is 0 Å². The van der Waals surface area contributed by atoms with E-state index in [4.69, 9.17) is 0 Å². The van der Waals surface area contributed by atoms with Gasteiger partial charge in [-0.1, -0.05) is 137 Å². The Bertz CT molecular complexity index is 2640. The van der Waals surface area contributed by atoms with E-state index in [2.05, 4.69) is 184 Å². The zero-order chi connectivity index (χ0) is 33.8. The minimum absolute atomic E-state index is 0.0814. The van der Waals surface area contributed by atoms with Crippen molar-refractivity contribution >= 4 is 48.6 Å². The van der Waals surface area contributed by atoms with Gasteiger partial charge < -0.3 is 4.90 Å². The van der Waals surface area contributed by atoms with Crippen LogP contribution in [0.3, 0.4) is 0 Å². The molecule has 2 heteroatoms. The summed E-state index contributed by atoms with van der Waals surface area (Å²) in [5.74, 6) is 0. The summed E-state index contributed by atoms with van der Waals surface area (Å²) in [6.45, 7) is 9.53. The van der Waals surface area contributed by atoms with E-state index in [1.54, 1.807) is 0 Å². The fourth-order valence-corrected chi connectivity index (χ4v) is 10.1. The Hall–Kier alpha value is -5.44. The molecule has 0 unspecified atom stereocenters. The molecule has 0 saturated heterocycles.